The molecule has 45 heavy (non-hydrogen) atoms. The zero-order chi connectivity index (χ0) is 32.1. The molecule has 2 aromatic carbocycles. The fraction of sp³-hybridized carbons (Fsp3) is 0.455. The molecule has 2 heterocycles. The van der Waals surface area contributed by atoms with Crippen LogP contribution in [0.3, 0.4) is 0 Å². The van der Waals surface area contributed by atoms with Crippen molar-refractivity contribution < 1.29 is 23.5 Å². The number of rotatable bonds is 10. The number of carbonyl (C=O) groups excluding carboxylic acids is 2. The van der Waals surface area contributed by atoms with E-state index in [-0.39, 0.29) is 17.0 Å². The topological polar surface area (TPSA) is 109 Å². The first kappa shape index (κ1) is 32.4. The number of likely N-dealkylation sites (N-methyl/N-ethyl adjacent to an activating group) is 1. The Balaban J connectivity index is 1.23. The average Bonchev–Trinajstić information content (AvgIpc) is 3.82. The van der Waals surface area contributed by atoms with Gasteiger partial charge in [0.15, 0.2) is 0 Å². The van der Waals surface area contributed by atoms with Crippen LogP contribution in [0, 0.1) is 11.7 Å². The second-order valence-electron chi connectivity index (χ2n) is 12.6. The van der Waals surface area contributed by atoms with Crippen LogP contribution in [0.15, 0.2) is 48.8 Å². The van der Waals surface area contributed by atoms with Crippen molar-refractivity contribution >= 4 is 51.7 Å². The Morgan fingerprint density at radius 1 is 1.13 bits per heavy atom. The van der Waals surface area contributed by atoms with Crippen molar-refractivity contribution in [1.82, 2.24) is 19.8 Å². The quantitative estimate of drug-likeness (QED) is 0.234. The lowest BCUT2D eigenvalue weighted by Crippen LogP contribution is -2.47. The predicted octanol–water partition coefficient (Wildman–Crippen LogP) is 6.78. The van der Waals surface area contributed by atoms with Crippen molar-refractivity contribution in [3.05, 3.63) is 59.7 Å². The van der Waals surface area contributed by atoms with Crippen molar-refractivity contribution in [2.75, 3.05) is 43.9 Å². The molecule has 1 aliphatic carbocycles. The molecular weight excluding hydrogens is 599 g/mol. The number of likely N-dealkylation sites (tertiary alicyclic amines) is 1. The fourth-order valence-electron chi connectivity index (χ4n) is 5.07. The van der Waals surface area contributed by atoms with Crippen molar-refractivity contribution in [3.8, 4) is 5.75 Å². The second-order valence-corrected chi connectivity index (χ2v) is 13.0. The van der Waals surface area contributed by atoms with Crippen LogP contribution < -0.4 is 15.4 Å². The fourth-order valence-corrected chi connectivity index (χ4v) is 5.25. The van der Waals surface area contributed by atoms with E-state index in [4.69, 9.17) is 21.1 Å². The van der Waals surface area contributed by atoms with E-state index in [9.17, 15) is 14.0 Å². The van der Waals surface area contributed by atoms with Crippen LogP contribution in [0.5, 0.6) is 5.75 Å². The maximum atomic E-state index is 13.7. The molecule has 1 saturated carbocycles. The molecule has 1 aliphatic heterocycles. The van der Waals surface area contributed by atoms with Crippen LogP contribution in [0.25, 0.3) is 10.9 Å². The monoisotopic (exact) mass is 638 g/mol. The zero-order valence-corrected chi connectivity index (χ0v) is 26.9. The Hall–Kier alpha value is -3.96. The number of amides is 2. The molecule has 240 valence electrons. The van der Waals surface area contributed by atoms with Crippen LogP contribution in [0.1, 0.15) is 46.5 Å². The van der Waals surface area contributed by atoms with Gasteiger partial charge in [0.2, 0.25) is 5.91 Å². The third kappa shape index (κ3) is 9.04. The third-order valence-corrected chi connectivity index (χ3v) is 8.04. The van der Waals surface area contributed by atoms with E-state index in [1.807, 2.05) is 33.9 Å². The minimum absolute atomic E-state index is 0.00855. The van der Waals surface area contributed by atoms with Gasteiger partial charge in [-0.3, -0.25) is 9.69 Å². The number of nitrogens with zero attached hydrogens (tertiary/aromatic N) is 4. The van der Waals surface area contributed by atoms with Crippen LogP contribution in [-0.4, -0.2) is 76.7 Å². The maximum absolute atomic E-state index is 13.7. The van der Waals surface area contributed by atoms with Crippen molar-refractivity contribution in [2.45, 2.75) is 58.1 Å². The number of fused-ring (bicyclic) bond motifs is 1. The van der Waals surface area contributed by atoms with E-state index in [1.54, 1.807) is 23.1 Å². The third-order valence-electron chi connectivity index (χ3n) is 7.75. The summed E-state index contributed by atoms with van der Waals surface area (Å²) in [6.45, 7) is 8.01. The van der Waals surface area contributed by atoms with Gasteiger partial charge < -0.3 is 25.0 Å². The summed E-state index contributed by atoms with van der Waals surface area (Å²) in [6, 6.07) is 8.19. The van der Waals surface area contributed by atoms with Crippen molar-refractivity contribution in [3.63, 3.8) is 0 Å². The van der Waals surface area contributed by atoms with Gasteiger partial charge in [0.1, 0.15) is 29.3 Å². The highest BCUT2D eigenvalue weighted by atomic mass is 35.5. The summed E-state index contributed by atoms with van der Waals surface area (Å²) in [5.74, 6) is 0.707. The lowest BCUT2D eigenvalue weighted by atomic mass is 10.0. The molecule has 1 saturated heterocycles. The lowest BCUT2D eigenvalue weighted by Gasteiger charge is -2.37. The Morgan fingerprint density at radius 2 is 1.89 bits per heavy atom. The number of piperidine rings is 1. The second kappa shape index (κ2) is 14.0. The minimum atomic E-state index is -0.515. The van der Waals surface area contributed by atoms with Gasteiger partial charge in [-0.2, -0.15) is 0 Å². The van der Waals surface area contributed by atoms with Gasteiger partial charge in [0, 0.05) is 48.9 Å². The number of anilines is 3. The lowest BCUT2D eigenvalue weighted by molar-refractivity contribution is -0.112. The maximum Gasteiger partial charge on any atom is 0.410 e. The first-order valence-electron chi connectivity index (χ1n) is 15.2. The number of ether oxygens (including phenoxy) is 2. The van der Waals surface area contributed by atoms with Crippen LogP contribution in [-0.2, 0) is 9.53 Å². The van der Waals surface area contributed by atoms with Crippen LogP contribution >= 0.6 is 11.6 Å². The smallest absolute Gasteiger partial charge is 0.410 e. The molecule has 10 nitrogen and oxygen atoms in total. The van der Waals surface area contributed by atoms with Crippen molar-refractivity contribution in [2.24, 2.45) is 5.92 Å². The zero-order valence-electron chi connectivity index (χ0n) is 26.1. The number of hydrogen-bond donors (Lipinski definition) is 2. The molecular formula is C33H40ClFN6O4. The van der Waals surface area contributed by atoms with Gasteiger partial charge in [0.25, 0.3) is 0 Å². The summed E-state index contributed by atoms with van der Waals surface area (Å²) < 4.78 is 25.3. The number of nitrogens with one attached hydrogen (secondary N) is 2. The highest BCUT2D eigenvalue weighted by Crippen LogP contribution is 2.36. The van der Waals surface area contributed by atoms with Gasteiger partial charge >= 0.3 is 6.09 Å². The summed E-state index contributed by atoms with van der Waals surface area (Å²) in [6.07, 6.45) is 8.42. The van der Waals surface area contributed by atoms with E-state index >= 15 is 0 Å². The number of halogens is 2. The van der Waals surface area contributed by atoms with E-state index in [1.165, 1.54) is 24.5 Å². The molecule has 12 heteroatoms. The van der Waals surface area contributed by atoms with Gasteiger partial charge in [-0.05, 0) is 83.7 Å². The molecule has 2 amide bonds. The molecule has 5 rings (SSSR count). The summed E-state index contributed by atoms with van der Waals surface area (Å²) in [4.78, 5) is 38.2. The standard InChI is InChI=1S/C33H40ClFN6O4/c1-33(2,3)45-32(43)41-14-11-23(12-15-41)40(4)13-5-6-30(42)39-28-17-24-27(18-29(28)44-19-21-7-8-21)36-20-37-31(24)38-22-9-10-26(35)25(34)16-22/h5-6,9-10,16-18,20-21,23H,7-8,11-15,19H2,1-4H3,(H,39,42)(H,36,37,38)/b6-5+. The Kier molecular flexibility index (Phi) is 10.1. The minimum Gasteiger partial charge on any atom is -0.491 e. The summed E-state index contributed by atoms with van der Waals surface area (Å²) in [5, 5.41) is 6.77. The number of benzene rings is 2. The molecule has 0 unspecified atom stereocenters. The molecule has 0 spiro atoms. The highest BCUT2D eigenvalue weighted by Gasteiger charge is 2.28. The van der Waals surface area contributed by atoms with E-state index in [2.05, 4.69) is 25.5 Å². The van der Waals surface area contributed by atoms with E-state index in [0.29, 0.717) is 72.0 Å². The number of aromatic nitrogens is 2. The molecule has 2 fully saturated rings. The largest absolute Gasteiger partial charge is 0.491 e. The Labute approximate surface area is 267 Å². The SMILES string of the molecule is CN(C/C=C/C(=O)Nc1cc2c(Nc3ccc(F)c(Cl)c3)ncnc2cc1OCC1CC1)C1CCN(C(=O)OC(C)(C)C)CC1. The van der Waals surface area contributed by atoms with E-state index in [0.717, 1.165) is 25.7 Å². The van der Waals surface area contributed by atoms with E-state index < -0.39 is 11.4 Å². The summed E-state index contributed by atoms with van der Waals surface area (Å²) >= 11 is 5.97. The van der Waals surface area contributed by atoms with Gasteiger partial charge in [-0.25, -0.2) is 19.2 Å². The molecule has 3 aromatic rings. The van der Waals surface area contributed by atoms with Crippen molar-refractivity contribution in [1.29, 1.82) is 0 Å². The summed E-state index contributed by atoms with van der Waals surface area (Å²) in [5.41, 5.74) is 1.16. The molecule has 2 aliphatic rings. The Bertz CT molecular complexity index is 1570. The number of hydrogen-bond acceptors (Lipinski definition) is 8. The first-order valence-corrected chi connectivity index (χ1v) is 15.6. The Morgan fingerprint density at radius 3 is 2.58 bits per heavy atom. The van der Waals surface area contributed by atoms with Crippen LogP contribution in [0.4, 0.5) is 26.4 Å². The molecule has 2 N–H and O–H groups in total. The molecule has 0 atom stereocenters. The van der Waals surface area contributed by atoms with Gasteiger partial charge in [0.05, 0.1) is 22.8 Å². The van der Waals surface area contributed by atoms with Gasteiger partial charge in [-0.1, -0.05) is 17.7 Å². The predicted molar refractivity (Wildman–Crippen MR) is 174 cm³/mol. The first-order chi connectivity index (χ1) is 21.4. The molecule has 0 bridgehead atoms. The highest BCUT2D eigenvalue weighted by molar-refractivity contribution is 6.31. The molecule has 1 aromatic heterocycles. The normalized spacial score (nSPS) is 15.9. The van der Waals surface area contributed by atoms with Gasteiger partial charge in [-0.15, -0.1) is 0 Å². The van der Waals surface area contributed by atoms with Crippen LogP contribution in [0.2, 0.25) is 5.02 Å². The molecule has 0 radical (unpaired) electrons. The average molecular weight is 639 g/mol. The number of carbonyl (C=O) groups is 2. The summed E-state index contributed by atoms with van der Waals surface area (Å²) in [7, 11) is 2.02.